The summed E-state index contributed by atoms with van der Waals surface area (Å²) in [4.78, 5) is 4.66. The van der Waals surface area contributed by atoms with Crippen LogP contribution in [0, 0.1) is 0 Å². The minimum Gasteiger partial charge on any atom is -0.378 e. The van der Waals surface area contributed by atoms with Crippen LogP contribution in [0.4, 0.5) is 5.69 Å². The van der Waals surface area contributed by atoms with Gasteiger partial charge in [0.25, 0.3) is 0 Å². The zero-order chi connectivity index (χ0) is 18.6. The van der Waals surface area contributed by atoms with Crippen molar-refractivity contribution in [3.8, 4) is 0 Å². The Labute approximate surface area is 165 Å². The number of hydrogen-bond acceptors (Lipinski definition) is 5. The van der Waals surface area contributed by atoms with E-state index in [2.05, 4.69) is 59.8 Å². The van der Waals surface area contributed by atoms with Crippen molar-refractivity contribution in [3.05, 3.63) is 53.9 Å². The van der Waals surface area contributed by atoms with Gasteiger partial charge >= 0.3 is 0 Å². The molecule has 3 heterocycles. The summed E-state index contributed by atoms with van der Waals surface area (Å²) in [6.07, 6.45) is 4.34. The molecule has 1 aromatic carbocycles. The van der Waals surface area contributed by atoms with Gasteiger partial charge in [-0.2, -0.15) is 5.10 Å². The number of piperidine rings is 1. The first-order chi connectivity index (χ1) is 13.2. The van der Waals surface area contributed by atoms with Crippen LogP contribution in [0.5, 0.6) is 0 Å². The second kappa shape index (κ2) is 8.31. The normalized spacial score (nSPS) is 15.5. The predicted molar refractivity (Wildman–Crippen MR) is 113 cm³/mol. The van der Waals surface area contributed by atoms with Gasteiger partial charge in [-0.25, -0.2) is 9.50 Å². The molecule has 0 spiro atoms. The maximum atomic E-state index is 4.92. The highest BCUT2D eigenvalue weighted by molar-refractivity contribution is 7.99. The van der Waals surface area contributed by atoms with E-state index in [-0.39, 0.29) is 0 Å². The van der Waals surface area contributed by atoms with Crippen molar-refractivity contribution in [1.29, 1.82) is 0 Å². The van der Waals surface area contributed by atoms with Crippen molar-refractivity contribution in [3.63, 3.8) is 0 Å². The molecule has 0 bridgehead atoms. The molecular weight excluding hydrogens is 354 g/mol. The summed E-state index contributed by atoms with van der Waals surface area (Å²) >= 11 is 1.90. The number of benzene rings is 1. The molecule has 1 saturated heterocycles. The maximum Gasteiger partial charge on any atom is 0.177 e. The molecule has 142 valence electrons. The van der Waals surface area contributed by atoms with Crippen LogP contribution in [-0.4, -0.2) is 32.9 Å². The van der Waals surface area contributed by atoms with Gasteiger partial charge in [0, 0.05) is 11.8 Å². The van der Waals surface area contributed by atoms with Gasteiger partial charge in [0.1, 0.15) is 5.03 Å². The molecule has 3 aromatic rings. The number of imidazole rings is 1. The zero-order valence-electron chi connectivity index (χ0n) is 16.0. The fraction of sp³-hybridized carbons (Fsp3) is 0.429. The van der Waals surface area contributed by atoms with Gasteiger partial charge in [0.2, 0.25) is 0 Å². The molecule has 0 amide bonds. The topological polar surface area (TPSA) is 54.2 Å². The third kappa shape index (κ3) is 4.28. The van der Waals surface area contributed by atoms with Crippen LogP contribution in [-0.2, 0) is 6.54 Å². The maximum absolute atomic E-state index is 4.92. The second-order valence-corrected chi connectivity index (χ2v) is 8.70. The third-order valence-corrected chi connectivity index (χ3v) is 6.21. The highest BCUT2D eigenvalue weighted by Crippen LogP contribution is 2.31. The van der Waals surface area contributed by atoms with Crippen molar-refractivity contribution >= 4 is 23.1 Å². The second-order valence-electron chi connectivity index (χ2n) is 7.38. The van der Waals surface area contributed by atoms with E-state index < -0.39 is 0 Å². The number of thioether (sulfide) groups is 1. The lowest BCUT2D eigenvalue weighted by molar-refractivity contribution is 0.531. The summed E-state index contributed by atoms with van der Waals surface area (Å²) in [6.45, 7) is 7.36. The smallest absolute Gasteiger partial charge is 0.177 e. The van der Waals surface area contributed by atoms with Crippen LogP contribution in [0.25, 0.3) is 5.65 Å². The van der Waals surface area contributed by atoms with Gasteiger partial charge < -0.3 is 10.6 Å². The zero-order valence-corrected chi connectivity index (χ0v) is 16.8. The number of nitrogens with zero attached hydrogens (tertiary/aromatic N) is 3. The average Bonchev–Trinajstić information content (AvgIpc) is 3.12. The van der Waals surface area contributed by atoms with E-state index in [0.717, 1.165) is 41.7 Å². The Morgan fingerprint density at radius 2 is 2.00 bits per heavy atom. The number of aromatic nitrogens is 3. The molecule has 0 aliphatic carbocycles. The van der Waals surface area contributed by atoms with Gasteiger partial charge in [0.15, 0.2) is 5.65 Å². The Kier molecular flexibility index (Phi) is 5.64. The molecule has 5 nitrogen and oxygen atoms in total. The molecule has 1 fully saturated rings. The van der Waals surface area contributed by atoms with Crippen molar-refractivity contribution < 1.29 is 0 Å². The van der Waals surface area contributed by atoms with Crippen molar-refractivity contribution in [2.45, 2.75) is 49.4 Å². The van der Waals surface area contributed by atoms with Crippen molar-refractivity contribution in [2.24, 2.45) is 0 Å². The number of rotatable bonds is 6. The summed E-state index contributed by atoms with van der Waals surface area (Å²) in [6, 6.07) is 12.6. The molecule has 4 rings (SSSR count). The number of hydrogen-bond donors (Lipinski definition) is 2. The molecule has 6 heteroatoms. The summed E-state index contributed by atoms with van der Waals surface area (Å²) in [7, 11) is 0. The van der Waals surface area contributed by atoms with E-state index in [1.807, 2.05) is 28.5 Å². The Morgan fingerprint density at radius 1 is 1.22 bits per heavy atom. The largest absolute Gasteiger partial charge is 0.378 e. The predicted octanol–water partition coefficient (Wildman–Crippen LogP) is 4.31. The van der Waals surface area contributed by atoms with Crippen LogP contribution in [0.2, 0.25) is 0 Å². The Morgan fingerprint density at radius 3 is 2.74 bits per heavy atom. The standard InChI is InChI=1S/C21H27N5S/c1-15(2)19-14-24-21-18(23-13-16-6-4-3-5-7-16)12-20(25-26(19)21)27-17-8-10-22-11-9-17/h3-7,12,14-15,17,22-23H,8-11,13H2,1-2H3. The molecule has 0 radical (unpaired) electrons. The van der Waals surface area contributed by atoms with Gasteiger partial charge in [-0.3, -0.25) is 0 Å². The highest BCUT2D eigenvalue weighted by Gasteiger charge is 2.18. The first-order valence-electron chi connectivity index (χ1n) is 9.74. The van der Waals surface area contributed by atoms with Gasteiger partial charge in [-0.05, 0) is 43.5 Å². The molecule has 0 saturated carbocycles. The van der Waals surface area contributed by atoms with Crippen LogP contribution in [0.15, 0.2) is 47.6 Å². The van der Waals surface area contributed by atoms with E-state index >= 15 is 0 Å². The summed E-state index contributed by atoms with van der Waals surface area (Å²) < 4.78 is 2.03. The van der Waals surface area contributed by atoms with Crippen LogP contribution in [0.3, 0.4) is 0 Å². The Hall–Kier alpha value is -2.05. The number of nitrogens with one attached hydrogen (secondary N) is 2. The fourth-order valence-corrected chi connectivity index (χ4v) is 4.55. The van der Waals surface area contributed by atoms with Crippen LogP contribution >= 0.6 is 11.8 Å². The molecule has 2 N–H and O–H groups in total. The SMILES string of the molecule is CC(C)c1cnc2c(NCc3ccccc3)cc(SC3CCNCC3)nn12. The van der Waals surface area contributed by atoms with Crippen molar-refractivity contribution in [1.82, 2.24) is 19.9 Å². The molecule has 1 aliphatic heterocycles. The average molecular weight is 382 g/mol. The first kappa shape index (κ1) is 18.3. The quantitative estimate of drug-likeness (QED) is 0.666. The van der Waals surface area contributed by atoms with E-state index in [9.17, 15) is 0 Å². The summed E-state index contributed by atoms with van der Waals surface area (Å²) in [5, 5.41) is 13.6. The molecule has 2 aromatic heterocycles. The number of anilines is 1. The summed E-state index contributed by atoms with van der Waals surface area (Å²) in [5.74, 6) is 0.383. The number of fused-ring (bicyclic) bond motifs is 1. The Bertz CT molecular complexity index is 884. The minimum atomic E-state index is 0.383. The Balaban J connectivity index is 1.64. The summed E-state index contributed by atoms with van der Waals surface area (Å²) in [5.41, 5.74) is 4.37. The fourth-order valence-electron chi connectivity index (χ4n) is 3.42. The van der Waals surface area contributed by atoms with Gasteiger partial charge in [-0.15, -0.1) is 11.8 Å². The van der Waals surface area contributed by atoms with E-state index in [0.29, 0.717) is 11.2 Å². The van der Waals surface area contributed by atoms with E-state index in [1.54, 1.807) is 0 Å². The lowest BCUT2D eigenvalue weighted by Crippen LogP contribution is -2.29. The molecule has 27 heavy (non-hydrogen) atoms. The van der Waals surface area contributed by atoms with Crippen molar-refractivity contribution in [2.75, 3.05) is 18.4 Å². The van der Waals surface area contributed by atoms with Crippen LogP contribution in [0.1, 0.15) is 43.9 Å². The minimum absolute atomic E-state index is 0.383. The molecule has 0 unspecified atom stereocenters. The molecule has 0 atom stereocenters. The lowest BCUT2D eigenvalue weighted by Gasteiger charge is -2.22. The molecular formula is C21H27N5S. The molecule has 1 aliphatic rings. The monoisotopic (exact) mass is 381 g/mol. The van der Waals surface area contributed by atoms with Crippen LogP contribution < -0.4 is 10.6 Å². The van der Waals surface area contributed by atoms with Gasteiger partial charge in [-0.1, -0.05) is 44.2 Å². The lowest BCUT2D eigenvalue weighted by atomic mass is 10.2. The van der Waals surface area contributed by atoms with E-state index in [4.69, 9.17) is 5.10 Å². The third-order valence-electron chi connectivity index (χ3n) is 4.96. The highest BCUT2D eigenvalue weighted by atomic mass is 32.2. The first-order valence-corrected chi connectivity index (χ1v) is 10.6. The van der Waals surface area contributed by atoms with Gasteiger partial charge in [0.05, 0.1) is 17.6 Å². The van der Waals surface area contributed by atoms with E-state index in [1.165, 1.54) is 18.4 Å².